The molecule has 2 rings (SSSR count). The van der Waals surface area contributed by atoms with Gasteiger partial charge in [-0.1, -0.05) is 36.7 Å². The number of benzene rings is 1. The van der Waals surface area contributed by atoms with Crippen molar-refractivity contribution in [1.29, 1.82) is 0 Å². The highest BCUT2D eigenvalue weighted by Crippen LogP contribution is 2.30. The first-order chi connectivity index (χ1) is 7.15. The van der Waals surface area contributed by atoms with E-state index in [1.807, 2.05) is 19.1 Å². The number of hydrogen-bond donors (Lipinski definition) is 0. The van der Waals surface area contributed by atoms with Gasteiger partial charge in [-0.2, -0.15) is 0 Å². The molecule has 2 aromatic rings. The molecule has 0 aliphatic rings. The third-order valence-electron chi connectivity index (χ3n) is 2.53. The zero-order valence-corrected chi connectivity index (χ0v) is 11.6. The Bertz CT molecular complexity index is 523. The van der Waals surface area contributed by atoms with Crippen LogP contribution in [0.2, 0.25) is 5.02 Å². The third kappa shape index (κ3) is 1.85. The minimum Gasteiger partial charge on any atom is -0.252 e. The van der Waals surface area contributed by atoms with Crippen molar-refractivity contribution < 1.29 is 0 Å². The number of hydrogen-bond acceptors (Lipinski definition) is 1. The maximum Gasteiger partial charge on any atom is 0.0752 e. The van der Waals surface area contributed by atoms with Crippen LogP contribution in [0.1, 0.15) is 18.2 Å². The van der Waals surface area contributed by atoms with Gasteiger partial charge in [0.25, 0.3) is 0 Å². The molecule has 0 fully saturated rings. The predicted octanol–water partition coefficient (Wildman–Crippen LogP) is 4.36. The largest absolute Gasteiger partial charge is 0.252 e. The molecule has 0 bridgehead atoms. The smallest absolute Gasteiger partial charge is 0.0752 e. The summed E-state index contributed by atoms with van der Waals surface area (Å²) in [7, 11) is 0. The van der Waals surface area contributed by atoms with Gasteiger partial charge in [-0.15, -0.1) is 0 Å². The predicted molar refractivity (Wildman–Crippen MR) is 73.6 cm³/mol. The van der Waals surface area contributed by atoms with Crippen molar-refractivity contribution in [3.63, 3.8) is 0 Å². The first kappa shape index (κ1) is 11.1. The van der Waals surface area contributed by atoms with E-state index in [0.29, 0.717) is 0 Å². The molecule has 0 saturated carbocycles. The Morgan fingerprint density at radius 3 is 2.80 bits per heavy atom. The zero-order valence-electron chi connectivity index (χ0n) is 8.64. The molecule has 0 spiro atoms. The van der Waals surface area contributed by atoms with E-state index in [1.54, 1.807) is 0 Å². The summed E-state index contributed by atoms with van der Waals surface area (Å²) in [6.45, 7) is 4.14. The van der Waals surface area contributed by atoms with Gasteiger partial charge in [-0.25, -0.2) is 0 Å². The Balaban J connectivity index is 2.91. The fraction of sp³-hybridized carbons (Fsp3) is 0.250. The molecule has 1 aromatic carbocycles. The van der Waals surface area contributed by atoms with Gasteiger partial charge >= 0.3 is 0 Å². The summed E-state index contributed by atoms with van der Waals surface area (Å²) in [5.41, 5.74) is 3.31. The maximum atomic E-state index is 6.31. The molecule has 1 nitrogen and oxygen atoms in total. The van der Waals surface area contributed by atoms with Crippen LogP contribution in [0.5, 0.6) is 0 Å². The molecule has 1 heterocycles. The molecule has 0 amide bonds. The summed E-state index contributed by atoms with van der Waals surface area (Å²) in [4.78, 5) is 4.61. The quantitative estimate of drug-likeness (QED) is 0.707. The van der Waals surface area contributed by atoms with E-state index in [1.165, 1.54) is 5.56 Å². The maximum absolute atomic E-state index is 6.31. The van der Waals surface area contributed by atoms with Crippen molar-refractivity contribution in [2.45, 2.75) is 20.3 Å². The van der Waals surface area contributed by atoms with Crippen LogP contribution in [-0.2, 0) is 6.42 Å². The topological polar surface area (TPSA) is 12.9 Å². The van der Waals surface area contributed by atoms with Gasteiger partial charge in [-0.05, 0) is 41.5 Å². The Morgan fingerprint density at radius 1 is 1.40 bits per heavy atom. The molecule has 1 aromatic heterocycles. The normalized spacial score (nSPS) is 10.9. The number of fused-ring (bicyclic) bond motifs is 1. The highest BCUT2D eigenvalue weighted by Gasteiger charge is 2.10. The summed E-state index contributed by atoms with van der Waals surface area (Å²) in [5.74, 6) is 0. The highest BCUT2D eigenvalue weighted by atomic mass is 127. The second kappa shape index (κ2) is 4.26. The molecule has 0 saturated heterocycles. The number of halogens is 2. The molecule has 78 valence electrons. The van der Waals surface area contributed by atoms with E-state index < -0.39 is 0 Å². The number of pyridine rings is 1. The van der Waals surface area contributed by atoms with Gasteiger partial charge in [0.05, 0.1) is 19.8 Å². The van der Waals surface area contributed by atoms with Gasteiger partial charge in [-0.3, -0.25) is 4.98 Å². The van der Waals surface area contributed by atoms with Gasteiger partial charge < -0.3 is 0 Å². The summed E-state index contributed by atoms with van der Waals surface area (Å²) < 4.78 is 1.05. The Morgan fingerprint density at radius 2 is 2.13 bits per heavy atom. The molecule has 0 unspecified atom stereocenters. The molecule has 0 aliphatic heterocycles. The summed E-state index contributed by atoms with van der Waals surface area (Å²) in [5, 5.41) is 1.89. The number of rotatable bonds is 1. The number of aryl methyl sites for hydroxylation is 2. The summed E-state index contributed by atoms with van der Waals surface area (Å²) in [6.07, 6.45) is 0.987. The number of aromatic nitrogens is 1. The minimum atomic E-state index is 0.827. The van der Waals surface area contributed by atoms with E-state index in [4.69, 9.17) is 11.6 Å². The van der Waals surface area contributed by atoms with E-state index in [0.717, 1.165) is 31.6 Å². The Labute approximate surface area is 108 Å². The third-order valence-corrected chi connectivity index (χ3v) is 4.56. The SMILES string of the molecule is CCc1cccc2c(Cl)c(I)c(C)nc12. The van der Waals surface area contributed by atoms with Gasteiger partial charge in [0.15, 0.2) is 0 Å². The standard InChI is InChI=1S/C12H11ClIN/c1-3-8-5-4-6-9-10(13)11(14)7(2)15-12(8)9/h4-6H,3H2,1-2H3. The van der Waals surface area contributed by atoms with Crippen molar-refractivity contribution in [1.82, 2.24) is 4.98 Å². The van der Waals surface area contributed by atoms with Gasteiger partial charge in [0.1, 0.15) is 0 Å². The lowest BCUT2D eigenvalue weighted by Gasteiger charge is -2.08. The van der Waals surface area contributed by atoms with Crippen LogP contribution >= 0.6 is 34.2 Å². The fourth-order valence-corrected chi connectivity index (χ4v) is 2.38. The summed E-state index contributed by atoms with van der Waals surface area (Å²) >= 11 is 8.56. The second-order valence-electron chi connectivity index (χ2n) is 3.49. The monoisotopic (exact) mass is 331 g/mol. The van der Waals surface area contributed by atoms with Crippen molar-refractivity contribution in [3.05, 3.63) is 38.0 Å². The van der Waals surface area contributed by atoms with Crippen LogP contribution in [-0.4, -0.2) is 4.98 Å². The Kier molecular flexibility index (Phi) is 3.16. The molecule has 0 atom stereocenters. The molecular formula is C12H11ClIN. The van der Waals surface area contributed by atoms with Crippen molar-refractivity contribution in [3.8, 4) is 0 Å². The summed E-state index contributed by atoms with van der Waals surface area (Å²) in [6, 6.07) is 6.18. The van der Waals surface area contributed by atoms with Crippen molar-refractivity contribution in [2.75, 3.05) is 0 Å². The van der Waals surface area contributed by atoms with Crippen LogP contribution in [0.3, 0.4) is 0 Å². The van der Waals surface area contributed by atoms with Crippen molar-refractivity contribution in [2.24, 2.45) is 0 Å². The van der Waals surface area contributed by atoms with E-state index in [2.05, 4.69) is 40.6 Å². The molecule has 3 heteroatoms. The first-order valence-electron chi connectivity index (χ1n) is 4.88. The number of para-hydroxylation sites is 1. The minimum absolute atomic E-state index is 0.827. The van der Waals surface area contributed by atoms with Gasteiger partial charge in [0, 0.05) is 5.39 Å². The van der Waals surface area contributed by atoms with Crippen LogP contribution in [0, 0.1) is 10.5 Å². The van der Waals surface area contributed by atoms with Crippen LogP contribution in [0.4, 0.5) is 0 Å². The molecular weight excluding hydrogens is 320 g/mol. The lowest BCUT2D eigenvalue weighted by atomic mass is 10.1. The molecule has 0 aliphatic carbocycles. The molecule has 15 heavy (non-hydrogen) atoms. The van der Waals surface area contributed by atoms with Crippen LogP contribution in [0.15, 0.2) is 18.2 Å². The van der Waals surface area contributed by atoms with Crippen molar-refractivity contribution >= 4 is 45.1 Å². The number of nitrogens with zero attached hydrogens (tertiary/aromatic N) is 1. The van der Waals surface area contributed by atoms with Gasteiger partial charge in [0.2, 0.25) is 0 Å². The average Bonchev–Trinajstić information content (AvgIpc) is 2.25. The highest BCUT2D eigenvalue weighted by molar-refractivity contribution is 14.1. The lowest BCUT2D eigenvalue weighted by Crippen LogP contribution is -1.94. The van der Waals surface area contributed by atoms with Crippen LogP contribution in [0.25, 0.3) is 10.9 Å². The average molecular weight is 332 g/mol. The second-order valence-corrected chi connectivity index (χ2v) is 4.95. The zero-order chi connectivity index (χ0) is 11.0. The van der Waals surface area contributed by atoms with Crippen LogP contribution < -0.4 is 0 Å². The molecule has 0 radical (unpaired) electrons. The molecule has 0 N–H and O–H groups in total. The fourth-order valence-electron chi connectivity index (χ4n) is 1.68. The first-order valence-corrected chi connectivity index (χ1v) is 6.34. The lowest BCUT2D eigenvalue weighted by molar-refractivity contribution is 1.13. The Hall–Kier alpha value is -0.350. The van der Waals surface area contributed by atoms with E-state index >= 15 is 0 Å². The van der Waals surface area contributed by atoms with E-state index in [9.17, 15) is 0 Å². The van der Waals surface area contributed by atoms with E-state index in [-0.39, 0.29) is 0 Å².